The molecule has 0 saturated carbocycles. The Hall–Kier alpha value is -1.59. The van der Waals surface area contributed by atoms with Gasteiger partial charge in [-0.2, -0.15) is 0 Å². The monoisotopic (exact) mass is 328 g/mol. The summed E-state index contributed by atoms with van der Waals surface area (Å²) in [6.07, 6.45) is 1.15. The molecule has 0 unspecified atom stereocenters. The lowest BCUT2D eigenvalue weighted by molar-refractivity contribution is -0.138. The highest BCUT2D eigenvalue weighted by atomic mass is 35.5. The van der Waals surface area contributed by atoms with Crippen LogP contribution in [0.5, 0.6) is 0 Å². The zero-order valence-corrected chi connectivity index (χ0v) is 12.7. The molecule has 0 atom stereocenters. The van der Waals surface area contributed by atoms with E-state index in [9.17, 15) is 14.4 Å². The largest absolute Gasteiger partial charge is 0.325 e. The van der Waals surface area contributed by atoms with Gasteiger partial charge in [-0.15, -0.1) is 0 Å². The number of benzene rings is 1. The Labute approximate surface area is 132 Å². The molecule has 1 aliphatic heterocycles. The van der Waals surface area contributed by atoms with E-state index in [4.69, 9.17) is 23.2 Å². The molecule has 5 nitrogen and oxygen atoms in total. The number of hydrogen-bond donors (Lipinski definition) is 1. The first-order valence-corrected chi connectivity index (χ1v) is 7.31. The van der Waals surface area contributed by atoms with Crippen molar-refractivity contribution < 1.29 is 14.4 Å². The first-order chi connectivity index (χ1) is 9.97. The minimum atomic E-state index is -0.238. The van der Waals surface area contributed by atoms with E-state index in [1.807, 2.05) is 0 Å². The first kappa shape index (κ1) is 15.8. The molecule has 112 valence electrons. The Morgan fingerprint density at radius 3 is 2.52 bits per heavy atom. The van der Waals surface area contributed by atoms with E-state index in [-0.39, 0.29) is 43.5 Å². The molecule has 1 aromatic carbocycles. The number of nitrogens with zero attached hydrogens (tertiary/aromatic N) is 1. The number of carbonyl (C=O) groups is 3. The van der Waals surface area contributed by atoms with Crippen molar-refractivity contribution in [3.63, 3.8) is 0 Å². The maximum Gasteiger partial charge on any atom is 0.229 e. The van der Waals surface area contributed by atoms with E-state index in [0.29, 0.717) is 22.2 Å². The number of hydrogen-bond acceptors (Lipinski definition) is 3. The maximum absolute atomic E-state index is 11.8. The average molecular weight is 329 g/mol. The first-order valence-electron chi connectivity index (χ1n) is 6.55. The quantitative estimate of drug-likeness (QED) is 0.845. The zero-order valence-electron chi connectivity index (χ0n) is 11.2. The van der Waals surface area contributed by atoms with Crippen LogP contribution in [0.4, 0.5) is 5.69 Å². The van der Waals surface area contributed by atoms with Gasteiger partial charge in [-0.05, 0) is 24.6 Å². The fraction of sp³-hybridized carbons (Fsp3) is 0.357. The van der Waals surface area contributed by atoms with Gasteiger partial charge in [-0.1, -0.05) is 23.2 Å². The van der Waals surface area contributed by atoms with Gasteiger partial charge in [0.1, 0.15) is 0 Å². The van der Waals surface area contributed by atoms with Crippen LogP contribution in [0.15, 0.2) is 18.2 Å². The van der Waals surface area contributed by atoms with Crippen molar-refractivity contribution in [2.75, 3.05) is 11.9 Å². The average Bonchev–Trinajstić information content (AvgIpc) is 2.74. The van der Waals surface area contributed by atoms with E-state index in [1.54, 1.807) is 18.2 Å². The summed E-state index contributed by atoms with van der Waals surface area (Å²) in [5, 5.41) is 3.53. The van der Waals surface area contributed by atoms with Gasteiger partial charge in [0, 0.05) is 30.8 Å². The van der Waals surface area contributed by atoms with Gasteiger partial charge in [-0.25, -0.2) is 0 Å². The van der Waals surface area contributed by atoms with Crippen LogP contribution in [0.2, 0.25) is 10.0 Å². The summed E-state index contributed by atoms with van der Waals surface area (Å²) in [4.78, 5) is 35.8. The van der Waals surface area contributed by atoms with E-state index in [0.717, 1.165) is 0 Å². The predicted octanol–water partition coefficient (Wildman–Crippen LogP) is 2.86. The van der Waals surface area contributed by atoms with Gasteiger partial charge in [0.05, 0.1) is 10.7 Å². The van der Waals surface area contributed by atoms with Crippen LogP contribution in [-0.2, 0) is 14.4 Å². The van der Waals surface area contributed by atoms with Crippen molar-refractivity contribution >= 4 is 46.6 Å². The molecule has 0 spiro atoms. The van der Waals surface area contributed by atoms with Crippen LogP contribution in [-0.4, -0.2) is 29.2 Å². The van der Waals surface area contributed by atoms with Crippen LogP contribution < -0.4 is 5.32 Å². The van der Waals surface area contributed by atoms with Crippen molar-refractivity contribution in [1.82, 2.24) is 4.90 Å². The van der Waals surface area contributed by atoms with Gasteiger partial charge in [0.25, 0.3) is 0 Å². The van der Waals surface area contributed by atoms with Gasteiger partial charge >= 0.3 is 0 Å². The van der Waals surface area contributed by atoms with Gasteiger partial charge < -0.3 is 5.32 Å². The van der Waals surface area contributed by atoms with Crippen molar-refractivity contribution in [2.45, 2.75) is 25.7 Å². The van der Waals surface area contributed by atoms with Gasteiger partial charge in [0.15, 0.2) is 0 Å². The Morgan fingerprint density at radius 2 is 1.86 bits per heavy atom. The van der Waals surface area contributed by atoms with Crippen LogP contribution in [0.3, 0.4) is 0 Å². The number of rotatable bonds is 5. The summed E-state index contributed by atoms with van der Waals surface area (Å²) in [5.74, 6) is -0.574. The number of carbonyl (C=O) groups excluding carboxylic acids is 3. The molecule has 0 aliphatic carbocycles. The molecule has 0 radical (unpaired) electrons. The summed E-state index contributed by atoms with van der Waals surface area (Å²) in [5.41, 5.74) is 0.447. The number of likely N-dealkylation sites (tertiary alicyclic amines) is 1. The lowest BCUT2D eigenvalue weighted by Gasteiger charge is -2.13. The van der Waals surface area contributed by atoms with Gasteiger partial charge in [-0.3, -0.25) is 19.3 Å². The Kier molecular flexibility index (Phi) is 5.20. The van der Waals surface area contributed by atoms with E-state index >= 15 is 0 Å². The maximum atomic E-state index is 11.8. The SMILES string of the molecule is O=C(CCCN1C(=O)CCC1=O)Nc1cc(Cl)ccc1Cl. The fourth-order valence-electron chi connectivity index (χ4n) is 2.08. The highest BCUT2D eigenvalue weighted by molar-refractivity contribution is 6.35. The third-order valence-electron chi connectivity index (χ3n) is 3.14. The highest BCUT2D eigenvalue weighted by Crippen LogP contribution is 2.25. The summed E-state index contributed by atoms with van der Waals surface area (Å²) in [6, 6.07) is 4.79. The lowest BCUT2D eigenvalue weighted by Crippen LogP contribution is -2.30. The molecule has 1 aromatic rings. The molecule has 1 saturated heterocycles. The molecule has 1 heterocycles. The van der Waals surface area contributed by atoms with Crippen LogP contribution in [0.25, 0.3) is 0 Å². The van der Waals surface area contributed by atoms with Crippen LogP contribution >= 0.6 is 23.2 Å². The smallest absolute Gasteiger partial charge is 0.229 e. The highest BCUT2D eigenvalue weighted by Gasteiger charge is 2.28. The topological polar surface area (TPSA) is 66.5 Å². The molecular weight excluding hydrogens is 315 g/mol. The summed E-state index contributed by atoms with van der Waals surface area (Å²) < 4.78 is 0. The number of amides is 3. The number of halogens is 2. The Balaban J connectivity index is 1.81. The van der Waals surface area contributed by atoms with Crippen molar-refractivity contribution in [2.24, 2.45) is 0 Å². The molecule has 7 heteroatoms. The number of anilines is 1. The summed E-state index contributed by atoms with van der Waals surface area (Å²) in [6.45, 7) is 0.272. The Morgan fingerprint density at radius 1 is 1.19 bits per heavy atom. The van der Waals surface area contributed by atoms with E-state index in [1.165, 1.54) is 4.90 Å². The molecule has 1 aliphatic rings. The molecule has 2 rings (SSSR count). The predicted molar refractivity (Wildman–Crippen MR) is 80.3 cm³/mol. The summed E-state index contributed by atoms with van der Waals surface area (Å²) in [7, 11) is 0. The molecule has 21 heavy (non-hydrogen) atoms. The normalized spacial score (nSPS) is 14.7. The third kappa shape index (κ3) is 4.19. The second kappa shape index (κ2) is 6.91. The van der Waals surface area contributed by atoms with Crippen LogP contribution in [0, 0.1) is 0 Å². The second-order valence-corrected chi connectivity index (χ2v) is 5.56. The van der Waals surface area contributed by atoms with Gasteiger partial charge in [0.2, 0.25) is 17.7 Å². The van der Waals surface area contributed by atoms with Crippen molar-refractivity contribution in [3.05, 3.63) is 28.2 Å². The lowest BCUT2D eigenvalue weighted by atomic mass is 10.2. The molecule has 0 aromatic heterocycles. The zero-order chi connectivity index (χ0) is 15.4. The second-order valence-electron chi connectivity index (χ2n) is 4.72. The third-order valence-corrected chi connectivity index (χ3v) is 3.71. The fourth-order valence-corrected chi connectivity index (χ4v) is 2.41. The molecule has 3 amide bonds. The minimum absolute atomic E-state index is 0.168. The van der Waals surface area contributed by atoms with Crippen molar-refractivity contribution in [1.29, 1.82) is 0 Å². The molecule has 1 N–H and O–H groups in total. The van der Waals surface area contributed by atoms with Crippen molar-refractivity contribution in [3.8, 4) is 0 Å². The van der Waals surface area contributed by atoms with E-state index < -0.39 is 0 Å². The standard InChI is InChI=1S/C14H14Cl2N2O3/c15-9-3-4-10(16)11(8-9)17-12(19)2-1-7-18-13(20)5-6-14(18)21/h3-4,8H,1-2,5-7H2,(H,17,19). The van der Waals surface area contributed by atoms with Crippen LogP contribution in [0.1, 0.15) is 25.7 Å². The minimum Gasteiger partial charge on any atom is -0.325 e. The number of nitrogens with one attached hydrogen (secondary N) is 1. The molecule has 0 bridgehead atoms. The number of imide groups is 1. The molecule has 1 fully saturated rings. The molecular formula is C14H14Cl2N2O3. The summed E-state index contributed by atoms with van der Waals surface area (Å²) >= 11 is 11.8. The van der Waals surface area contributed by atoms with E-state index in [2.05, 4.69) is 5.32 Å². The Bertz CT molecular complexity index is 574.